The molecule has 0 saturated heterocycles. The third kappa shape index (κ3) is 4.93. The van der Waals surface area contributed by atoms with E-state index in [-0.39, 0.29) is 18.0 Å². The molecule has 6 nitrogen and oxygen atoms in total. The first-order valence-corrected chi connectivity index (χ1v) is 12.2. The number of hydrogen-bond donors (Lipinski definition) is 1. The van der Waals surface area contributed by atoms with Crippen LogP contribution < -0.4 is 10.2 Å². The van der Waals surface area contributed by atoms with Crippen LogP contribution in [-0.4, -0.2) is 35.8 Å². The zero-order valence-electron chi connectivity index (χ0n) is 18.8. The van der Waals surface area contributed by atoms with Crippen LogP contribution in [-0.2, 0) is 22.1 Å². The van der Waals surface area contributed by atoms with Crippen molar-refractivity contribution < 1.29 is 22.9 Å². The van der Waals surface area contributed by atoms with Crippen LogP contribution >= 0.6 is 0 Å². The Balaban J connectivity index is 1.72. The fourth-order valence-corrected chi connectivity index (χ4v) is 5.13. The van der Waals surface area contributed by atoms with Crippen LogP contribution in [0.4, 0.5) is 10.1 Å². The molecule has 1 aliphatic heterocycles. The van der Waals surface area contributed by atoms with Crippen molar-refractivity contribution in [3.05, 3.63) is 89.2 Å². The summed E-state index contributed by atoms with van der Waals surface area (Å²) in [5.41, 5.74) is 1.25. The summed E-state index contributed by atoms with van der Waals surface area (Å²) in [6, 6.07) is 17.6. The van der Waals surface area contributed by atoms with E-state index in [0.29, 0.717) is 52.8 Å². The molecule has 176 valence electrons. The molecular weight excluding hydrogens is 455 g/mol. The van der Waals surface area contributed by atoms with E-state index in [1.54, 1.807) is 60.7 Å². The molecule has 3 aromatic carbocycles. The zero-order chi connectivity index (χ0) is 24.1. The smallest absolute Gasteiger partial charge is 0.259 e. The topological polar surface area (TPSA) is 75.7 Å². The van der Waals surface area contributed by atoms with E-state index in [1.807, 2.05) is 6.92 Å². The summed E-state index contributed by atoms with van der Waals surface area (Å²) >= 11 is 0. The highest BCUT2D eigenvalue weighted by Gasteiger charge is 2.32. The monoisotopic (exact) mass is 480 g/mol. The molecule has 0 aliphatic carbocycles. The van der Waals surface area contributed by atoms with Crippen molar-refractivity contribution in [3.8, 4) is 0 Å². The quantitative estimate of drug-likeness (QED) is 0.488. The summed E-state index contributed by atoms with van der Waals surface area (Å²) in [5, 5.41) is 2.84. The maximum Gasteiger partial charge on any atom is 0.259 e. The molecule has 8 heteroatoms. The van der Waals surface area contributed by atoms with E-state index in [9.17, 15) is 18.2 Å². The number of benzene rings is 3. The van der Waals surface area contributed by atoms with Gasteiger partial charge in [0.15, 0.2) is 0 Å². The molecule has 0 spiro atoms. The molecule has 3 aromatic rings. The highest BCUT2D eigenvalue weighted by molar-refractivity contribution is 7.85. The van der Waals surface area contributed by atoms with Crippen molar-refractivity contribution in [1.29, 1.82) is 0 Å². The van der Waals surface area contributed by atoms with E-state index >= 15 is 0 Å². The standard InChI is InChI=1S/C26H25FN2O4S/c1-2-33-15-7-14-28-25(30)18-12-13-24-22(16-18)29(17-19-8-3-5-10-21(19)27)26(31)20-9-4-6-11-23(20)34(24)32/h3-6,8-13,16H,2,7,14-15,17H2,1H3,(H,28,30)/t34-/m1/s1. The number of hydrogen-bond acceptors (Lipinski definition) is 4. The molecule has 0 saturated carbocycles. The number of ether oxygens (including phenoxy) is 1. The minimum atomic E-state index is -1.65. The van der Waals surface area contributed by atoms with Crippen molar-refractivity contribution in [2.45, 2.75) is 29.7 Å². The van der Waals surface area contributed by atoms with Crippen LogP contribution in [0.2, 0.25) is 0 Å². The van der Waals surface area contributed by atoms with Crippen LogP contribution in [0, 0.1) is 5.82 Å². The predicted molar refractivity (Wildman–Crippen MR) is 128 cm³/mol. The van der Waals surface area contributed by atoms with Crippen LogP contribution in [0.3, 0.4) is 0 Å². The van der Waals surface area contributed by atoms with Crippen LogP contribution in [0.15, 0.2) is 76.5 Å². The minimum Gasteiger partial charge on any atom is -0.382 e. The molecule has 0 aromatic heterocycles. The van der Waals surface area contributed by atoms with Gasteiger partial charge in [0.05, 0.1) is 38.4 Å². The van der Waals surface area contributed by atoms with E-state index in [1.165, 1.54) is 11.0 Å². The van der Waals surface area contributed by atoms with Crippen molar-refractivity contribution in [1.82, 2.24) is 5.32 Å². The molecule has 2 amide bonds. The largest absolute Gasteiger partial charge is 0.382 e. The molecule has 34 heavy (non-hydrogen) atoms. The Hall–Kier alpha value is -3.36. The highest BCUT2D eigenvalue weighted by Crippen LogP contribution is 2.36. The SMILES string of the molecule is CCOCCCNC(=O)c1ccc2c(c1)N(Cc1ccccc1F)C(=O)c1ccccc1[S@]2=O. The van der Waals surface area contributed by atoms with Crippen LogP contribution in [0.5, 0.6) is 0 Å². The fourth-order valence-electron chi connectivity index (χ4n) is 3.78. The maximum atomic E-state index is 14.5. The Kier molecular flexibility index (Phi) is 7.49. The lowest BCUT2D eigenvalue weighted by molar-refractivity contribution is 0.0941. The van der Waals surface area contributed by atoms with Gasteiger partial charge in [0, 0.05) is 30.9 Å². The minimum absolute atomic E-state index is 0.0660. The maximum absolute atomic E-state index is 14.5. The van der Waals surface area contributed by atoms with Gasteiger partial charge in [0.25, 0.3) is 11.8 Å². The third-order valence-electron chi connectivity index (χ3n) is 5.52. The lowest BCUT2D eigenvalue weighted by Gasteiger charge is -2.24. The van der Waals surface area contributed by atoms with E-state index < -0.39 is 22.5 Å². The van der Waals surface area contributed by atoms with Crippen LogP contribution in [0.25, 0.3) is 0 Å². The molecule has 1 heterocycles. The molecule has 1 N–H and O–H groups in total. The average Bonchev–Trinajstić information content (AvgIpc) is 2.94. The molecule has 4 rings (SSSR count). The lowest BCUT2D eigenvalue weighted by atomic mass is 10.1. The number of carbonyl (C=O) groups excluding carboxylic acids is 2. The molecule has 1 aliphatic rings. The molecule has 0 bridgehead atoms. The van der Waals surface area contributed by atoms with Gasteiger partial charge >= 0.3 is 0 Å². The first-order chi connectivity index (χ1) is 16.5. The molecular formula is C26H25FN2O4S. The first-order valence-electron chi connectivity index (χ1n) is 11.1. The van der Waals surface area contributed by atoms with Gasteiger partial charge in [-0.15, -0.1) is 0 Å². The summed E-state index contributed by atoms with van der Waals surface area (Å²) in [4.78, 5) is 28.5. The van der Waals surface area contributed by atoms with Gasteiger partial charge in [-0.2, -0.15) is 0 Å². The summed E-state index contributed by atoms with van der Waals surface area (Å²) in [6.45, 7) is 3.44. The summed E-state index contributed by atoms with van der Waals surface area (Å²) in [7, 11) is -1.65. The number of anilines is 1. The Morgan fingerprint density at radius 3 is 2.62 bits per heavy atom. The number of halogens is 1. The molecule has 0 unspecified atom stereocenters. The van der Waals surface area contributed by atoms with Crippen LogP contribution in [0.1, 0.15) is 39.6 Å². The highest BCUT2D eigenvalue weighted by atomic mass is 32.2. The zero-order valence-corrected chi connectivity index (χ0v) is 19.6. The Morgan fingerprint density at radius 1 is 1.06 bits per heavy atom. The molecule has 0 fully saturated rings. The van der Waals surface area contributed by atoms with Crippen molar-refractivity contribution in [2.24, 2.45) is 0 Å². The van der Waals surface area contributed by atoms with Gasteiger partial charge in [-0.05, 0) is 49.7 Å². The number of nitrogens with one attached hydrogen (secondary N) is 1. The average molecular weight is 481 g/mol. The number of amides is 2. The molecule has 1 atom stereocenters. The van der Waals surface area contributed by atoms with Gasteiger partial charge < -0.3 is 15.0 Å². The fraction of sp³-hybridized carbons (Fsp3) is 0.231. The third-order valence-corrected chi connectivity index (χ3v) is 7.02. The number of carbonyl (C=O) groups is 2. The summed E-state index contributed by atoms with van der Waals surface area (Å²) in [6.07, 6.45) is 0.668. The molecule has 0 radical (unpaired) electrons. The Labute approximate surface area is 200 Å². The Morgan fingerprint density at radius 2 is 1.82 bits per heavy atom. The first kappa shape index (κ1) is 23.8. The van der Waals surface area contributed by atoms with Gasteiger partial charge in [-0.25, -0.2) is 8.60 Å². The van der Waals surface area contributed by atoms with Crippen molar-refractivity contribution >= 4 is 28.3 Å². The number of fused-ring (bicyclic) bond motifs is 2. The second kappa shape index (κ2) is 10.7. The van der Waals surface area contributed by atoms with Gasteiger partial charge in [-0.1, -0.05) is 30.3 Å². The summed E-state index contributed by atoms with van der Waals surface area (Å²) in [5.74, 6) is -1.16. The van der Waals surface area contributed by atoms with Crippen molar-refractivity contribution in [2.75, 3.05) is 24.7 Å². The second-order valence-corrected chi connectivity index (χ2v) is 9.15. The van der Waals surface area contributed by atoms with Gasteiger partial charge in [0.1, 0.15) is 5.82 Å². The number of rotatable bonds is 8. The Bertz CT molecular complexity index is 1250. The van der Waals surface area contributed by atoms with Gasteiger partial charge in [0.2, 0.25) is 0 Å². The second-order valence-electron chi connectivity index (χ2n) is 7.74. The summed E-state index contributed by atoms with van der Waals surface area (Å²) < 4.78 is 33.2. The number of nitrogens with zero attached hydrogens (tertiary/aromatic N) is 1. The van der Waals surface area contributed by atoms with E-state index in [4.69, 9.17) is 4.74 Å². The predicted octanol–water partition coefficient (Wildman–Crippen LogP) is 4.31. The normalized spacial score (nSPS) is 14.8. The van der Waals surface area contributed by atoms with Gasteiger partial charge in [-0.3, -0.25) is 9.59 Å². The van der Waals surface area contributed by atoms with Crippen molar-refractivity contribution in [3.63, 3.8) is 0 Å². The lowest BCUT2D eigenvalue weighted by Crippen LogP contribution is -2.31. The van der Waals surface area contributed by atoms with E-state index in [2.05, 4.69) is 5.32 Å². The van der Waals surface area contributed by atoms with E-state index in [0.717, 1.165) is 0 Å².